The van der Waals surface area contributed by atoms with E-state index in [9.17, 15) is 18.0 Å². The lowest BCUT2D eigenvalue weighted by Gasteiger charge is -2.38. The van der Waals surface area contributed by atoms with E-state index in [1.54, 1.807) is 24.0 Å². The SMILES string of the molecule is Cc1nc(N2CCNCC2C(F)(F)F)ccc1N(Cc1ccc2c3c(c(N)nc2c1)COC3)C(=O)c1cnc(C2CC2)nc1. The number of nitrogens with two attached hydrogens (primary N) is 1. The summed E-state index contributed by atoms with van der Waals surface area (Å²) in [5, 5.41) is 3.76. The number of aromatic nitrogens is 4. The van der Waals surface area contributed by atoms with Crippen molar-refractivity contribution in [2.24, 2.45) is 0 Å². The van der Waals surface area contributed by atoms with E-state index in [0.29, 0.717) is 54.0 Å². The number of benzene rings is 1. The van der Waals surface area contributed by atoms with Crippen molar-refractivity contribution < 1.29 is 22.7 Å². The van der Waals surface area contributed by atoms with Crippen molar-refractivity contribution in [3.05, 3.63) is 76.5 Å². The summed E-state index contributed by atoms with van der Waals surface area (Å²) in [5.41, 5.74) is 10.8. The Balaban J connectivity index is 1.25. The van der Waals surface area contributed by atoms with Crippen LogP contribution in [0.1, 0.15) is 57.3 Å². The molecule has 3 N–H and O–H groups in total. The van der Waals surface area contributed by atoms with E-state index < -0.39 is 12.2 Å². The molecule has 2 aliphatic heterocycles. The van der Waals surface area contributed by atoms with Crippen LogP contribution in [0.5, 0.6) is 0 Å². The van der Waals surface area contributed by atoms with E-state index in [4.69, 9.17) is 10.5 Å². The first-order valence-corrected chi connectivity index (χ1v) is 14.6. The summed E-state index contributed by atoms with van der Waals surface area (Å²) in [7, 11) is 0. The van der Waals surface area contributed by atoms with E-state index in [2.05, 4.69) is 25.3 Å². The van der Waals surface area contributed by atoms with Gasteiger partial charge in [0, 0.05) is 48.9 Å². The van der Waals surface area contributed by atoms with Crippen LogP contribution in [0.3, 0.4) is 0 Å². The highest BCUT2D eigenvalue weighted by molar-refractivity contribution is 6.06. The molecule has 44 heavy (non-hydrogen) atoms. The molecule has 3 aliphatic rings. The van der Waals surface area contributed by atoms with Crippen molar-refractivity contribution >= 4 is 34.1 Å². The van der Waals surface area contributed by atoms with Crippen LogP contribution in [0.15, 0.2) is 42.7 Å². The summed E-state index contributed by atoms with van der Waals surface area (Å²) in [6, 6.07) is 7.28. The summed E-state index contributed by atoms with van der Waals surface area (Å²) in [6.45, 7) is 3.08. The normalized spacial score (nSPS) is 18.5. The largest absolute Gasteiger partial charge is 0.410 e. The highest BCUT2D eigenvalue weighted by Gasteiger charge is 2.45. The third kappa shape index (κ3) is 5.30. The van der Waals surface area contributed by atoms with Crippen molar-refractivity contribution in [2.45, 2.75) is 57.7 Å². The summed E-state index contributed by atoms with van der Waals surface area (Å²) in [4.78, 5) is 34.9. The molecule has 0 radical (unpaired) electrons. The molecule has 228 valence electrons. The molecular weight excluding hydrogens is 573 g/mol. The second-order valence-corrected chi connectivity index (χ2v) is 11.5. The van der Waals surface area contributed by atoms with Crippen molar-refractivity contribution in [1.82, 2.24) is 25.3 Å². The lowest BCUT2D eigenvalue weighted by atomic mass is 10.0. The van der Waals surface area contributed by atoms with Crippen LogP contribution in [0.25, 0.3) is 10.9 Å². The number of pyridine rings is 2. The highest BCUT2D eigenvalue weighted by atomic mass is 19.4. The number of halogens is 3. The third-order valence-corrected chi connectivity index (χ3v) is 8.49. The molecule has 1 amide bonds. The van der Waals surface area contributed by atoms with Gasteiger partial charge in [0.05, 0.1) is 42.2 Å². The van der Waals surface area contributed by atoms with E-state index in [1.165, 1.54) is 17.3 Å². The average Bonchev–Trinajstić information content (AvgIpc) is 3.75. The summed E-state index contributed by atoms with van der Waals surface area (Å²) in [6.07, 6.45) is 0.723. The van der Waals surface area contributed by atoms with Gasteiger partial charge in [-0.2, -0.15) is 13.2 Å². The van der Waals surface area contributed by atoms with Crippen molar-refractivity contribution in [2.75, 3.05) is 35.2 Å². The fourth-order valence-electron chi connectivity index (χ4n) is 5.98. The summed E-state index contributed by atoms with van der Waals surface area (Å²) >= 11 is 0. The Morgan fingerprint density at radius 1 is 1.11 bits per heavy atom. The topological polar surface area (TPSA) is 122 Å². The second kappa shape index (κ2) is 11.0. The van der Waals surface area contributed by atoms with Gasteiger partial charge in [0.2, 0.25) is 0 Å². The molecule has 1 atom stereocenters. The smallest absolute Gasteiger partial charge is 0.383 e. The number of amides is 1. The monoisotopic (exact) mass is 604 g/mol. The fraction of sp³-hybridized carbons (Fsp3) is 0.387. The zero-order valence-electron chi connectivity index (χ0n) is 24.1. The molecule has 7 rings (SSSR count). The predicted octanol–water partition coefficient (Wildman–Crippen LogP) is 4.41. The average molecular weight is 605 g/mol. The number of nitrogen functional groups attached to an aromatic ring is 1. The molecule has 4 aromatic rings. The molecule has 1 saturated carbocycles. The van der Waals surface area contributed by atoms with E-state index >= 15 is 0 Å². The van der Waals surface area contributed by atoms with Gasteiger partial charge in [-0.15, -0.1) is 0 Å². The summed E-state index contributed by atoms with van der Waals surface area (Å²) in [5.74, 6) is 1.34. The molecule has 1 saturated heterocycles. The van der Waals surface area contributed by atoms with Gasteiger partial charge < -0.3 is 25.6 Å². The minimum absolute atomic E-state index is 0.148. The summed E-state index contributed by atoms with van der Waals surface area (Å²) < 4.78 is 47.0. The van der Waals surface area contributed by atoms with Gasteiger partial charge in [0.15, 0.2) is 0 Å². The van der Waals surface area contributed by atoms with Gasteiger partial charge in [-0.1, -0.05) is 12.1 Å². The number of hydrogen-bond donors (Lipinski definition) is 2. The molecule has 1 unspecified atom stereocenters. The van der Waals surface area contributed by atoms with Crippen LogP contribution in [-0.4, -0.2) is 57.7 Å². The van der Waals surface area contributed by atoms with Crippen LogP contribution < -0.4 is 20.9 Å². The van der Waals surface area contributed by atoms with Crippen LogP contribution in [0.4, 0.5) is 30.5 Å². The molecule has 1 aromatic carbocycles. The number of carbonyl (C=O) groups excluding carboxylic acids is 1. The minimum Gasteiger partial charge on any atom is -0.383 e. The van der Waals surface area contributed by atoms with Crippen LogP contribution >= 0.6 is 0 Å². The molecule has 3 aromatic heterocycles. The molecule has 10 nitrogen and oxygen atoms in total. The van der Waals surface area contributed by atoms with Crippen LogP contribution in [0, 0.1) is 6.92 Å². The number of hydrogen-bond acceptors (Lipinski definition) is 9. The van der Waals surface area contributed by atoms with Gasteiger partial charge in [-0.3, -0.25) is 4.79 Å². The maximum atomic E-state index is 14.0. The van der Waals surface area contributed by atoms with Crippen LogP contribution in [0.2, 0.25) is 0 Å². The van der Waals surface area contributed by atoms with E-state index in [0.717, 1.165) is 40.7 Å². The zero-order chi connectivity index (χ0) is 30.6. The molecule has 0 spiro atoms. The van der Waals surface area contributed by atoms with Gasteiger partial charge in [-0.05, 0) is 49.1 Å². The first-order chi connectivity index (χ1) is 21.2. The Morgan fingerprint density at radius 2 is 1.89 bits per heavy atom. The number of nitrogens with one attached hydrogen (secondary N) is 1. The van der Waals surface area contributed by atoms with Crippen LogP contribution in [-0.2, 0) is 24.5 Å². The number of ether oxygens (including phenoxy) is 1. The standard InChI is InChI=1S/C31H31F3N8O2/c1-17-25(6-7-27(39-17)41-9-8-36-13-26(41)31(32,33)34)42(30(43)20-11-37-29(38-12-20)19-3-4-19)14-18-2-5-21-22-15-44-16-23(22)28(35)40-24(21)10-18/h2,5-7,10-12,19,26,36H,3-4,8-9,13-16H2,1H3,(H2,35,40). The highest BCUT2D eigenvalue weighted by Crippen LogP contribution is 2.38. The Labute approximate surface area is 251 Å². The van der Waals surface area contributed by atoms with Gasteiger partial charge in [-0.25, -0.2) is 19.9 Å². The molecule has 2 fully saturated rings. The molecule has 5 heterocycles. The Morgan fingerprint density at radius 3 is 2.61 bits per heavy atom. The maximum Gasteiger partial charge on any atom is 0.410 e. The number of aryl methyl sites for hydroxylation is 1. The predicted molar refractivity (Wildman–Crippen MR) is 158 cm³/mol. The zero-order valence-corrected chi connectivity index (χ0v) is 24.1. The Hall–Kier alpha value is -4.36. The van der Waals surface area contributed by atoms with Crippen molar-refractivity contribution in [3.63, 3.8) is 0 Å². The van der Waals surface area contributed by atoms with Crippen molar-refractivity contribution in [3.8, 4) is 0 Å². The van der Waals surface area contributed by atoms with Gasteiger partial charge >= 0.3 is 6.18 Å². The van der Waals surface area contributed by atoms with Gasteiger partial charge in [0.25, 0.3) is 5.91 Å². The molecule has 1 aliphatic carbocycles. The first-order valence-electron chi connectivity index (χ1n) is 14.6. The number of piperazine rings is 1. The lowest BCUT2D eigenvalue weighted by molar-refractivity contribution is -0.149. The number of alkyl halides is 3. The van der Waals surface area contributed by atoms with Gasteiger partial charge in [0.1, 0.15) is 23.5 Å². The molecule has 0 bridgehead atoms. The number of anilines is 3. The van der Waals surface area contributed by atoms with Crippen molar-refractivity contribution in [1.29, 1.82) is 0 Å². The molecular formula is C31H31F3N8O2. The second-order valence-electron chi connectivity index (χ2n) is 11.5. The number of fused-ring (bicyclic) bond motifs is 3. The third-order valence-electron chi connectivity index (χ3n) is 8.49. The van der Waals surface area contributed by atoms with E-state index in [-0.39, 0.29) is 31.4 Å². The number of carbonyl (C=O) groups is 1. The maximum absolute atomic E-state index is 14.0. The Kier molecular flexibility index (Phi) is 7.08. The number of rotatable bonds is 6. The quantitative estimate of drug-likeness (QED) is 0.330. The lowest BCUT2D eigenvalue weighted by Crippen LogP contribution is -2.58. The Bertz CT molecular complexity index is 1740. The first kappa shape index (κ1) is 28.4. The minimum atomic E-state index is -4.42. The fourth-order valence-corrected chi connectivity index (χ4v) is 5.98. The van der Waals surface area contributed by atoms with E-state index in [1.807, 2.05) is 18.2 Å². The molecule has 13 heteroatoms. The number of nitrogens with zero attached hydrogens (tertiary/aromatic N) is 6.